The summed E-state index contributed by atoms with van der Waals surface area (Å²) >= 11 is 0. The number of rotatable bonds is 6. The minimum atomic E-state index is -3.58. The molecule has 1 fully saturated rings. The van der Waals surface area contributed by atoms with Crippen LogP contribution in [0.2, 0.25) is 0 Å². The highest BCUT2D eigenvalue weighted by Crippen LogP contribution is 2.24. The monoisotopic (exact) mass is 378 g/mol. The van der Waals surface area contributed by atoms with E-state index in [1.165, 1.54) is 35.5 Å². The van der Waals surface area contributed by atoms with Gasteiger partial charge in [-0.2, -0.15) is 4.31 Å². The van der Waals surface area contributed by atoms with E-state index >= 15 is 0 Å². The number of sulfonamides is 1. The third-order valence-electron chi connectivity index (χ3n) is 4.03. The molecular weight excluding hydrogens is 359 g/mol. The lowest BCUT2D eigenvalue weighted by Gasteiger charge is -2.37. The van der Waals surface area contributed by atoms with Crippen molar-refractivity contribution < 1.29 is 22.3 Å². The Labute approximate surface area is 151 Å². The Morgan fingerprint density at radius 3 is 2.35 bits per heavy atom. The Morgan fingerprint density at radius 1 is 1.15 bits per heavy atom. The van der Waals surface area contributed by atoms with E-state index in [9.17, 15) is 17.6 Å². The lowest BCUT2D eigenvalue weighted by atomic mass is 10.2. The number of nitrogens with one attached hydrogen (secondary N) is 1. The van der Waals surface area contributed by atoms with Crippen LogP contribution in [0.25, 0.3) is 0 Å². The molecule has 0 saturated carbocycles. The Hall–Kier alpha value is -2.29. The number of carbonyl (C=O) groups excluding carboxylic acids is 1. The van der Waals surface area contributed by atoms with Gasteiger partial charge in [0.15, 0.2) is 0 Å². The van der Waals surface area contributed by atoms with Crippen LogP contribution in [-0.4, -0.2) is 37.8 Å². The molecule has 1 saturated heterocycles. The zero-order chi connectivity index (χ0) is 18.7. The fourth-order valence-electron chi connectivity index (χ4n) is 2.56. The molecule has 0 aliphatic carbocycles. The topological polar surface area (TPSA) is 75.7 Å². The predicted molar refractivity (Wildman–Crippen MR) is 94.5 cm³/mol. The van der Waals surface area contributed by atoms with Crippen LogP contribution < -0.4 is 5.32 Å². The van der Waals surface area contributed by atoms with Crippen molar-refractivity contribution in [2.75, 3.05) is 18.4 Å². The summed E-state index contributed by atoms with van der Waals surface area (Å²) in [5, 5.41) is 2.59. The molecule has 26 heavy (non-hydrogen) atoms. The van der Waals surface area contributed by atoms with Crippen molar-refractivity contribution in [3.63, 3.8) is 0 Å². The zero-order valence-corrected chi connectivity index (χ0v) is 15.0. The van der Waals surface area contributed by atoms with Gasteiger partial charge in [0.25, 0.3) is 0 Å². The maximum absolute atomic E-state index is 12.9. The largest absolute Gasteiger partial charge is 0.371 e. The molecule has 8 heteroatoms. The Bertz CT molecular complexity index is 876. The summed E-state index contributed by atoms with van der Waals surface area (Å²) in [7, 11) is -3.58. The summed E-state index contributed by atoms with van der Waals surface area (Å²) in [6.07, 6.45) is -0.187. The number of carbonyl (C=O) groups is 1. The number of benzene rings is 2. The molecule has 0 unspecified atom stereocenters. The van der Waals surface area contributed by atoms with Gasteiger partial charge in [0.05, 0.1) is 17.6 Å². The van der Waals surface area contributed by atoms with Gasteiger partial charge in [-0.3, -0.25) is 4.79 Å². The number of amides is 1. The molecule has 1 amide bonds. The molecule has 0 radical (unpaired) electrons. The van der Waals surface area contributed by atoms with E-state index in [0.29, 0.717) is 12.3 Å². The molecule has 1 heterocycles. The van der Waals surface area contributed by atoms with Crippen LogP contribution in [0.5, 0.6) is 0 Å². The highest BCUT2D eigenvalue weighted by atomic mass is 32.2. The fraction of sp³-hybridized carbons (Fsp3) is 0.278. The molecule has 2 aromatic rings. The summed E-state index contributed by atoms with van der Waals surface area (Å²) in [6.45, 7) is 2.25. The van der Waals surface area contributed by atoms with Crippen LogP contribution in [0.4, 0.5) is 10.1 Å². The van der Waals surface area contributed by atoms with Crippen LogP contribution in [0.15, 0.2) is 53.4 Å². The maximum Gasteiger partial charge on any atom is 0.243 e. The van der Waals surface area contributed by atoms with Crippen molar-refractivity contribution in [1.29, 1.82) is 0 Å². The molecular formula is C18H19FN2O4S. The first-order valence-corrected chi connectivity index (χ1v) is 9.52. The molecule has 1 aliphatic rings. The molecule has 0 aromatic heterocycles. The minimum absolute atomic E-state index is 0.170. The molecule has 0 bridgehead atoms. The van der Waals surface area contributed by atoms with Gasteiger partial charge in [-0.25, -0.2) is 12.8 Å². The van der Waals surface area contributed by atoms with Gasteiger partial charge in [-0.1, -0.05) is 12.1 Å². The number of hydrogen-bond donors (Lipinski definition) is 1. The van der Waals surface area contributed by atoms with Crippen LogP contribution >= 0.6 is 0 Å². The molecule has 0 atom stereocenters. The second kappa shape index (κ2) is 7.53. The number of nitrogens with zero attached hydrogens (tertiary/aromatic N) is 1. The van der Waals surface area contributed by atoms with E-state index < -0.39 is 10.0 Å². The Balaban J connectivity index is 1.53. The SMILES string of the molecule is CC(=O)Nc1ccc(S(=O)(=O)N2CC(OCc3ccc(F)cc3)C2)cc1. The number of ether oxygens (including phenoxy) is 1. The summed E-state index contributed by atoms with van der Waals surface area (Å²) in [5.41, 5.74) is 1.38. The second-order valence-electron chi connectivity index (χ2n) is 6.09. The van der Waals surface area contributed by atoms with E-state index in [0.717, 1.165) is 5.56 Å². The van der Waals surface area contributed by atoms with Gasteiger partial charge in [0.1, 0.15) is 5.82 Å². The lowest BCUT2D eigenvalue weighted by Crippen LogP contribution is -2.54. The molecule has 138 valence electrons. The van der Waals surface area contributed by atoms with E-state index in [1.807, 2.05) is 0 Å². The van der Waals surface area contributed by atoms with Crippen molar-refractivity contribution in [2.24, 2.45) is 0 Å². The summed E-state index contributed by atoms with van der Waals surface area (Å²) < 4.78 is 44.9. The first kappa shape index (κ1) is 18.5. The van der Waals surface area contributed by atoms with Gasteiger partial charge in [0.2, 0.25) is 15.9 Å². The smallest absolute Gasteiger partial charge is 0.243 e. The molecule has 2 aromatic carbocycles. The summed E-state index contributed by atoms with van der Waals surface area (Å²) in [5.74, 6) is -0.524. The van der Waals surface area contributed by atoms with Crippen LogP contribution in [0.1, 0.15) is 12.5 Å². The van der Waals surface area contributed by atoms with Gasteiger partial charge in [0, 0.05) is 25.7 Å². The number of hydrogen-bond acceptors (Lipinski definition) is 4. The second-order valence-corrected chi connectivity index (χ2v) is 8.02. The normalized spacial score (nSPS) is 15.5. The average molecular weight is 378 g/mol. The third-order valence-corrected chi connectivity index (χ3v) is 5.87. The van der Waals surface area contributed by atoms with Crippen LogP contribution in [0.3, 0.4) is 0 Å². The number of anilines is 1. The van der Waals surface area contributed by atoms with Gasteiger partial charge >= 0.3 is 0 Å². The molecule has 0 spiro atoms. The summed E-state index contributed by atoms with van der Waals surface area (Å²) in [4.78, 5) is 11.2. The molecule has 3 rings (SSSR count). The highest BCUT2D eigenvalue weighted by molar-refractivity contribution is 7.89. The van der Waals surface area contributed by atoms with Crippen LogP contribution in [0, 0.1) is 5.82 Å². The van der Waals surface area contributed by atoms with Crippen molar-refractivity contribution in [3.8, 4) is 0 Å². The lowest BCUT2D eigenvalue weighted by molar-refractivity contribution is -0.114. The van der Waals surface area contributed by atoms with Crippen molar-refractivity contribution >= 4 is 21.6 Å². The number of halogens is 1. The third kappa shape index (κ3) is 4.27. The summed E-state index contributed by atoms with van der Waals surface area (Å²) in [6, 6.07) is 12.0. The maximum atomic E-state index is 12.9. The van der Waals surface area contributed by atoms with Gasteiger partial charge in [-0.05, 0) is 42.0 Å². The predicted octanol–water partition coefficient (Wildman–Crippen LogP) is 2.37. The first-order chi connectivity index (χ1) is 12.3. The Morgan fingerprint density at radius 2 is 1.77 bits per heavy atom. The van der Waals surface area contributed by atoms with Gasteiger partial charge < -0.3 is 10.1 Å². The Kier molecular flexibility index (Phi) is 5.36. The minimum Gasteiger partial charge on any atom is -0.371 e. The van der Waals surface area contributed by atoms with E-state index in [-0.39, 0.29) is 35.8 Å². The van der Waals surface area contributed by atoms with Crippen molar-refractivity contribution in [1.82, 2.24) is 4.31 Å². The van der Waals surface area contributed by atoms with Gasteiger partial charge in [-0.15, -0.1) is 0 Å². The van der Waals surface area contributed by atoms with E-state index in [2.05, 4.69) is 5.32 Å². The molecule has 1 N–H and O–H groups in total. The van der Waals surface area contributed by atoms with Crippen molar-refractivity contribution in [2.45, 2.75) is 24.5 Å². The van der Waals surface area contributed by atoms with E-state index in [4.69, 9.17) is 4.74 Å². The highest BCUT2D eigenvalue weighted by Gasteiger charge is 2.37. The standard InChI is InChI=1S/C18H19FN2O4S/c1-13(22)20-16-6-8-18(9-7-16)26(23,24)21-10-17(11-21)25-12-14-2-4-15(19)5-3-14/h2-9,17H,10-12H2,1H3,(H,20,22). The molecule has 1 aliphatic heterocycles. The van der Waals surface area contributed by atoms with E-state index in [1.54, 1.807) is 24.3 Å². The quantitative estimate of drug-likeness (QED) is 0.837. The van der Waals surface area contributed by atoms with Crippen molar-refractivity contribution in [3.05, 3.63) is 59.9 Å². The fourth-order valence-corrected chi connectivity index (χ4v) is 4.06. The molecule has 6 nitrogen and oxygen atoms in total. The van der Waals surface area contributed by atoms with Crippen LogP contribution in [-0.2, 0) is 26.2 Å². The zero-order valence-electron chi connectivity index (χ0n) is 14.2. The first-order valence-electron chi connectivity index (χ1n) is 8.08. The average Bonchev–Trinajstić information content (AvgIpc) is 2.55.